The summed E-state index contributed by atoms with van der Waals surface area (Å²) < 4.78 is 1.83. The highest BCUT2D eigenvalue weighted by Crippen LogP contribution is 2.02. The molecule has 3 rings (SSSR count). The van der Waals surface area contributed by atoms with Gasteiger partial charge in [-0.15, -0.1) is 24.0 Å². The van der Waals surface area contributed by atoms with Crippen molar-refractivity contribution in [3.63, 3.8) is 0 Å². The average Bonchev–Trinajstić information content (AvgIpc) is 2.86. The van der Waals surface area contributed by atoms with E-state index in [1.165, 1.54) is 0 Å². The molecule has 0 spiro atoms. The number of aliphatic imine (C=N–C) groups is 1. The predicted octanol–water partition coefficient (Wildman–Crippen LogP) is 0.786. The third-order valence-electron chi connectivity index (χ3n) is 2.70. The monoisotopic (exact) mass is 358 g/mol. The molecule has 0 unspecified atom stereocenters. The third kappa shape index (κ3) is 2.71. The summed E-state index contributed by atoms with van der Waals surface area (Å²) in [6.45, 7) is 2.56. The fourth-order valence-electron chi connectivity index (χ4n) is 1.84. The van der Waals surface area contributed by atoms with Crippen LogP contribution in [0.4, 0.5) is 0 Å². The van der Waals surface area contributed by atoms with E-state index < -0.39 is 0 Å². The quantitative estimate of drug-likeness (QED) is 0.779. The lowest BCUT2D eigenvalue weighted by Crippen LogP contribution is -2.40. The van der Waals surface area contributed by atoms with Crippen LogP contribution >= 0.6 is 24.0 Å². The summed E-state index contributed by atoms with van der Waals surface area (Å²) >= 11 is 0. The van der Waals surface area contributed by atoms with E-state index in [4.69, 9.17) is 0 Å². The van der Waals surface area contributed by atoms with Crippen LogP contribution in [-0.2, 0) is 6.54 Å². The Morgan fingerprint density at radius 1 is 1.33 bits per heavy atom. The minimum atomic E-state index is 0. The number of nitrogens with one attached hydrogen (secondary N) is 2. The molecular formula is C11H15IN6. The molecule has 1 aliphatic heterocycles. The Labute approximate surface area is 122 Å². The maximum atomic E-state index is 4.36. The number of hydrogen-bond donors (Lipinski definition) is 2. The molecule has 0 atom stereocenters. The van der Waals surface area contributed by atoms with E-state index in [1.54, 1.807) is 12.4 Å². The van der Waals surface area contributed by atoms with Crippen molar-refractivity contribution < 1.29 is 0 Å². The topological polar surface area (TPSA) is 66.6 Å². The molecule has 0 saturated heterocycles. The van der Waals surface area contributed by atoms with Crippen LogP contribution in [0, 0.1) is 0 Å². The number of halogens is 1. The van der Waals surface area contributed by atoms with Crippen molar-refractivity contribution in [1.29, 1.82) is 0 Å². The fourth-order valence-corrected chi connectivity index (χ4v) is 1.84. The molecule has 1 aliphatic rings. The molecule has 0 amide bonds. The Morgan fingerprint density at radius 2 is 2.28 bits per heavy atom. The van der Waals surface area contributed by atoms with Gasteiger partial charge in [-0.05, 0) is 12.5 Å². The maximum Gasteiger partial charge on any atom is 0.191 e. The van der Waals surface area contributed by atoms with E-state index in [2.05, 4.69) is 25.7 Å². The van der Waals surface area contributed by atoms with Crippen molar-refractivity contribution in [2.75, 3.05) is 13.1 Å². The number of guanidine groups is 1. The van der Waals surface area contributed by atoms with Crippen LogP contribution < -0.4 is 10.6 Å². The molecule has 0 fully saturated rings. The lowest BCUT2D eigenvalue weighted by atomic mass is 10.4. The molecule has 7 heteroatoms. The highest BCUT2D eigenvalue weighted by molar-refractivity contribution is 14.0. The van der Waals surface area contributed by atoms with Gasteiger partial charge >= 0.3 is 0 Å². The summed E-state index contributed by atoms with van der Waals surface area (Å²) in [5.41, 5.74) is 1.93. The second-order valence-corrected chi connectivity index (χ2v) is 3.90. The Kier molecular flexibility index (Phi) is 4.34. The highest BCUT2D eigenvalue weighted by Gasteiger charge is 2.05. The Hall–Kier alpha value is -1.38. The predicted molar refractivity (Wildman–Crippen MR) is 80.2 cm³/mol. The first-order valence-electron chi connectivity index (χ1n) is 5.73. The van der Waals surface area contributed by atoms with Gasteiger partial charge in [0.1, 0.15) is 0 Å². The van der Waals surface area contributed by atoms with Crippen molar-refractivity contribution >= 4 is 35.6 Å². The van der Waals surface area contributed by atoms with E-state index in [9.17, 15) is 0 Å². The summed E-state index contributed by atoms with van der Waals surface area (Å²) in [5.74, 6) is 0.869. The maximum absolute atomic E-state index is 4.36. The second kappa shape index (κ2) is 5.98. The molecule has 2 aromatic heterocycles. The Bertz CT molecular complexity index is 549. The molecule has 18 heavy (non-hydrogen) atoms. The average molecular weight is 358 g/mol. The van der Waals surface area contributed by atoms with Gasteiger partial charge in [-0.25, -0.2) is 9.50 Å². The van der Waals surface area contributed by atoms with Crippen LogP contribution in [0.2, 0.25) is 0 Å². The number of fused-ring (bicyclic) bond motifs is 1. The van der Waals surface area contributed by atoms with Crippen molar-refractivity contribution in [2.24, 2.45) is 4.99 Å². The standard InChI is InChI=1S/C11H14N6.HI/c1-4-13-11(14-5-1)15-8-9-2-6-12-10-3-7-16-17(9)10;/h2-3,6-7H,1,4-5,8H2,(H2,13,14,15);1H. The van der Waals surface area contributed by atoms with Gasteiger partial charge in [-0.2, -0.15) is 5.10 Å². The molecule has 96 valence electrons. The molecule has 0 bridgehead atoms. The Morgan fingerprint density at radius 3 is 3.11 bits per heavy atom. The molecule has 6 nitrogen and oxygen atoms in total. The largest absolute Gasteiger partial charge is 0.356 e. The van der Waals surface area contributed by atoms with E-state index in [0.717, 1.165) is 36.8 Å². The van der Waals surface area contributed by atoms with Crippen molar-refractivity contribution in [3.05, 3.63) is 30.2 Å². The number of nitrogens with zero attached hydrogens (tertiary/aromatic N) is 4. The van der Waals surface area contributed by atoms with Gasteiger partial charge in [-0.1, -0.05) is 0 Å². The van der Waals surface area contributed by atoms with E-state index >= 15 is 0 Å². The zero-order valence-corrected chi connectivity index (χ0v) is 12.2. The van der Waals surface area contributed by atoms with Crippen molar-refractivity contribution in [2.45, 2.75) is 13.0 Å². The van der Waals surface area contributed by atoms with Gasteiger partial charge in [0, 0.05) is 25.4 Å². The van der Waals surface area contributed by atoms with E-state index in [1.807, 2.05) is 16.6 Å². The van der Waals surface area contributed by atoms with Gasteiger partial charge in [-0.3, -0.25) is 4.99 Å². The van der Waals surface area contributed by atoms with Gasteiger partial charge in [0.25, 0.3) is 0 Å². The number of hydrogen-bond acceptors (Lipinski definition) is 5. The van der Waals surface area contributed by atoms with Gasteiger partial charge in [0.15, 0.2) is 11.6 Å². The summed E-state index contributed by atoms with van der Waals surface area (Å²) in [6.07, 6.45) is 4.65. The van der Waals surface area contributed by atoms with Crippen LogP contribution in [0.3, 0.4) is 0 Å². The van der Waals surface area contributed by atoms with Crippen LogP contribution in [0.1, 0.15) is 12.1 Å². The van der Waals surface area contributed by atoms with Gasteiger partial charge in [0.05, 0.1) is 18.4 Å². The summed E-state index contributed by atoms with van der Waals surface area (Å²) in [4.78, 5) is 8.58. The smallest absolute Gasteiger partial charge is 0.191 e. The first-order chi connectivity index (χ1) is 8.43. The summed E-state index contributed by atoms with van der Waals surface area (Å²) in [7, 11) is 0. The first kappa shape index (κ1) is 13.1. The fraction of sp³-hybridized carbons (Fsp3) is 0.364. The van der Waals surface area contributed by atoms with Crippen LogP contribution in [0.5, 0.6) is 0 Å². The second-order valence-electron chi connectivity index (χ2n) is 3.90. The molecule has 0 aliphatic carbocycles. The highest BCUT2D eigenvalue weighted by atomic mass is 127. The number of rotatable bonds is 2. The van der Waals surface area contributed by atoms with E-state index in [0.29, 0.717) is 6.54 Å². The van der Waals surface area contributed by atoms with Gasteiger partial charge < -0.3 is 10.6 Å². The zero-order valence-electron chi connectivity index (χ0n) is 9.83. The lowest BCUT2D eigenvalue weighted by Gasteiger charge is -2.16. The lowest BCUT2D eigenvalue weighted by molar-refractivity contribution is 0.690. The molecule has 0 radical (unpaired) electrons. The first-order valence-corrected chi connectivity index (χ1v) is 5.73. The SMILES string of the molecule is I.c1cc(CNC2=NCCCN2)n2nccc2n1. The zero-order chi connectivity index (χ0) is 11.5. The summed E-state index contributed by atoms with van der Waals surface area (Å²) in [6, 6.07) is 3.84. The molecule has 0 aromatic carbocycles. The van der Waals surface area contributed by atoms with E-state index in [-0.39, 0.29) is 24.0 Å². The van der Waals surface area contributed by atoms with Crippen molar-refractivity contribution in [1.82, 2.24) is 25.2 Å². The normalized spacial score (nSPS) is 14.6. The Balaban J connectivity index is 0.00000120. The minimum Gasteiger partial charge on any atom is -0.356 e. The van der Waals surface area contributed by atoms with Crippen LogP contribution in [-0.4, -0.2) is 33.6 Å². The van der Waals surface area contributed by atoms with Gasteiger partial charge in [0.2, 0.25) is 0 Å². The minimum absolute atomic E-state index is 0. The summed E-state index contributed by atoms with van der Waals surface area (Å²) in [5, 5.41) is 10.7. The molecular weight excluding hydrogens is 343 g/mol. The van der Waals surface area contributed by atoms with Crippen LogP contribution in [0.15, 0.2) is 29.5 Å². The van der Waals surface area contributed by atoms with Crippen LogP contribution in [0.25, 0.3) is 5.65 Å². The molecule has 0 saturated carbocycles. The number of aromatic nitrogens is 3. The van der Waals surface area contributed by atoms with Crippen molar-refractivity contribution in [3.8, 4) is 0 Å². The molecule has 2 N–H and O–H groups in total. The third-order valence-corrected chi connectivity index (χ3v) is 2.70. The molecule has 2 aromatic rings. The molecule has 3 heterocycles.